The highest BCUT2D eigenvalue weighted by molar-refractivity contribution is 6.33. The molecule has 1 aromatic rings. The van der Waals surface area contributed by atoms with Crippen molar-refractivity contribution >= 4 is 23.2 Å². The number of nitrogens with two attached hydrogens (primary N) is 1. The van der Waals surface area contributed by atoms with E-state index in [1.165, 1.54) is 0 Å². The molecule has 1 amide bonds. The molecule has 4 nitrogen and oxygen atoms in total. The highest BCUT2D eigenvalue weighted by Gasteiger charge is 2.39. The first-order valence-corrected chi connectivity index (χ1v) is 6.28. The van der Waals surface area contributed by atoms with Crippen LogP contribution in [0, 0.1) is 5.41 Å². The van der Waals surface area contributed by atoms with Crippen LogP contribution in [0.5, 0.6) is 0 Å². The molecule has 1 aliphatic rings. The van der Waals surface area contributed by atoms with Crippen molar-refractivity contribution in [3.8, 4) is 0 Å². The summed E-state index contributed by atoms with van der Waals surface area (Å²) in [6, 6.07) is 5.46. The van der Waals surface area contributed by atoms with E-state index in [-0.39, 0.29) is 12.5 Å². The standard InChI is InChI=1S/C13H17ClN2O2/c1-13(12(15)18)4-5-16(8-13)11-3-2-9(7-17)6-10(11)14/h2-3,6,17H,4-5,7-8H2,1H3,(H2,15,18). The molecule has 98 valence electrons. The quantitative estimate of drug-likeness (QED) is 0.874. The van der Waals surface area contributed by atoms with Crippen LogP contribution in [0.15, 0.2) is 18.2 Å². The molecule has 3 N–H and O–H groups in total. The van der Waals surface area contributed by atoms with E-state index in [9.17, 15) is 4.79 Å². The summed E-state index contributed by atoms with van der Waals surface area (Å²) >= 11 is 6.19. The van der Waals surface area contributed by atoms with Crippen molar-refractivity contribution in [2.45, 2.75) is 20.0 Å². The van der Waals surface area contributed by atoms with E-state index in [2.05, 4.69) is 4.90 Å². The molecule has 0 aromatic heterocycles. The van der Waals surface area contributed by atoms with Gasteiger partial charge in [0.25, 0.3) is 0 Å². The van der Waals surface area contributed by atoms with Crippen molar-refractivity contribution in [1.29, 1.82) is 0 Å². The summed E-state index contributed by atoms with van der Waals surface area (Å²) in [4.78, 5) is 13.5. The first-order chi connectivity index (χ1) is 8.46. The lowest BCUT2D eigenvalue weighted by atomic mass is 9.89. The number of aliphatic hydroxyl groups excluding tert-OH is 1. The van der Waals surface area contributed by atoms with Crippen LogP contribution in [-0.2, 0) is 11.4 Å². The van der Waals surface area contributed by atoms with Crippen LogP contribution in [0.1, 0.15) is 18.9 Å². The van der Waals surface area contributed by atoms with Gasteiger partial charge in [-0.25, -0.2) is 0 Å². The molecular weight excluding hydrogens is 252 g/mol. The van der Waals surface area contributed by atoms with Crippen LogP contribution in [0.4, 0.5) is 5.69 Å². The number of rotatable bonds is 3. The Hall–Kier alpha value is -1.26. The third kappa shape index (κ3) is 2.31. The molecule has 18 heavy (non-hydrogen) atoms. The molecular formula is C13H17ClN2O2. The minimum absolute atomic E-state index is 0.0288. The summed E-state index contributed by atoms with van der Waals surface area (Å²) in [7, 11) is 0. The number of amides is 1. The van der Waals surface area contributed by atoms with Gasteiger partial charge in [-0.15, -0.1) is 0 Å². The van der Waals surface area contributed by atoms with Crippen LogP contribution in [0.3, 0.4) is 0 Å². The highest BCUT2D eigenvalue weighted by Crippen LogP contribution is 2.36. The van der Waals surface area contributed by atoms with E-state index in [0.717, 1.165) is 24.2 Å². The Kier molecular flexibility index (Phi) is 3.50. The number of benzene rings is 1. The Morgan fingerprint density at radius 2 is 2.33 bits per heavy atom. The number of carbonyl (C=O) groups is 1. The van der Waals surface area contributed by atoms with Crippen LogP contribution in [0.2, 0.25) is 5.02 Å². The zero-order chi connectivity index (χ0) is 13.3. The van der Waals surface area contributed by atoms with Gasteiger partial charge in [0.05, 0.1) is 22.7 Å². The van der Waals surface area contributed by atoms with Gasteiger partial charge in [-0.1, -0.05) is 17.7 Å². The van der Waals surface area contributed by atoms with E-state index in [1.54, 1.807) is 6.07 Å². The number of anilines is 1. The molecule has 1 aliphatic heterocycles. The van der Waals surface area contributed by atoms with Gasteiger partial charge >= 0.3 is 0 Å². The van der Waals surface area contributed by atoms with E-state index in [1.807, 2.05) is 19.1 Å². The summed E-state index contributed by atoms with van der Waals surface area (Å²) in [6.07, 6.45) is 0.737. The Balaban J connectivity index is 2.22. The average molecular weight is 269 g/mol. The van der Waals surface area contributed by atoms with Crippen LogP contribution >= 0.6 is 11.6 Å². The van der Waals surface area contributed by atoms with Crippen molar-refractivity contribution < 1.29 is 9.90 Å². The fourth-order valence-corrected chi connectivity index (χ4v) is 2.60. The monoisotopic (exact) mass is 268 g/mol. The van der Waals surface area contributed by atoms with Crippen molar-refractivity contribution in [1.82, 2.24) is 0 Å². The maximum atomic E-state index is 11.4. The molecule has 2 rings (SSSR count). The zero-order valence-corrected chi connectivity index (χ0v) is 11.1. The molecule has 1 fully saturated rings. The topological polar surface area (TPSA) is 66.6 Å². The summed E-state index contributed by atoms with van der Waals surface area (Å²) in [6.45, 7) is 3.20. The van der Waals surface area contributed by atoms with E-state index in [0.29, 0.717) is 11.6 Å². The minimum Gasteiger partial charge on any atom is -0.392 e. The van der Waals surface area contributed by atoms with Gasteiger partial charge in [0.1, 0.15) is 0 Å². The minimum atomic E-state index is -0.487. The lowest BCUT2D eigenvalue weighted by molar-refractivity contribution is -0.125. The van der Waals surface area contributed by atoms with Gasteiger partial charge in [-0.3, -0.25) is 4.79 Å². The van der Waals surface area contributed by atoms with E-state index < -0.39 is 5.41 Å². The summed E-state index contributed by atoms with van der Waals surface area (Å²) in [5, 5.41) is 9.63. The number of carbonyl (C=O) groups excluding carboxylic acids is 1. The van der Waals surface area contributed by atoms with Gasteiger partial charge in [-0.2, -0.15) is 0 Å². The second-order valence-corrected chi connectivity index (χ2v) is 5.45. The molecule has 0 saturated carbocycles. The highest BCUT2D eigenvalue weighted by atomic mass is 35.5. The molecule has 5 heteroatoms. The number of hydrogen-bond donors (Lipinski definition) is 2. The SMILES string of the molecule is CC1(C(N)=O)CCN(c2ccc(CO)cc2Cl)C1. The fraction of sp³-hybridized carbons (Fsp3) is 0.462. The fourth-order valence-electron chi connectivity index (χ4n) is 2.27. The van der Waals surface area contributed by atoms with Gasteiger partial charge in [0.15, 0.2) is 0 Å². The third-order valence-corrected chi connectivity index (χ3v) is 3.91. The third-order valence-electron chi connectivity index (χ3n) is 3.60. The second-order valence-electron chi connectivity index (χ2n) is 5.04. The molecule has 0 radical (unpaired) electrons. The van der Waals surface area contributed by atoms with Crippen molar-refractivity contribution in [2.75, 3.05) is 18.0 Å². The number of nitrogens with zero attached hydrogens (tertiary/aromatic N) is 1. The van der Waals surface area contributed by atoms with E-state index in [4.69, 9.17) is 22.4 Å². The molecule has 1 aromatic carbocycles. The molecule has 1 saturated heterocycles. The molecule has 0 bridgehead atoms. The van der Waals surface area contributed by atoms with Crippen LogP contribution in [-0.4, -0.2) is 24.1 Å². The van der Waals surface area contributed by atoms with E-state index >= 15 is 0 Å². The Morgan fingerprint density at radius 3 is 2.83 bits per heavy atom. The smallest absolute Gasteiger partial charge is 0.225 e. The van der Waals surface area contributed by atoms with Crippen molar-refractivity contribution in [3.05, 3.63) is 28.8 Å². The van der Waals surface area contributed by atoms with Gasteiger partial charge in [0, 0.05) is 13.1 Å². The lowest BCUT2D eigenvalue weighted by Crippen LogP contribution is -2.37. The number of hydrogen-bond acceptors (Lipinski definition) is 3. The van der Waals surface area contributed by atoms with Crippen LogP contribution in [0.25, 0.3) is 0 Å². The maximum Gasteiger partial charge on any atom is 0.225 e. The van der Waals surface area contributed by atoms with Crippen molar-refractivity contribution in [3.63, 3.8) is 0 Å². The molecule has 0 aliphatic carbocycles. The number of halogens is 1. The number of primary amides is 1. The normalized spacial score (nSPS) is 23.4. The first-order valence-electron chi connectivity index (χ1n) is 5.90. The first kappa shape index (κ1) is 13.2. The van der Waals surface area contributed by atoms with Gasteiger partial charge in [-0.05, 0) is 31.0 Å². The summed E-state index contributed by atoms with van der Waals surface area (Å²) in [5.74, 6) is -0.270. The Labute approximate surface area is 111 Å². The van der Waals surface area contributed by atoms with Crippen LogP contribution < -0.4 is 10.6 Å². The Morgan fingerprint density at radius 1 is 1.61 bits per heavy atom. The largest absolute Gasteiger partial charge is 0.392 e. The molecule has 1 unspecified atom stereocenters. The molecule has 0 spiro atoms. The van der Waals surface area contributed by atoms with Crippen molar-refractivity contribution in [2.24, 2.45) is 11.1 Å². The predicted molar refractivity (Wildman–Crippen MR) is 71.5 cm³/mol. The maximum absolute atomic E-state index is 11.4. The second kappa shape index (κ2) is 4.78. The number of aliphatic hydroxyl groups is 1. The average Bonchev–Trinajstić information content (AvgIpc) is 2.73. The molecule has 1 heterocycles. The summed E-state index contributed by atoms with van der Waals surface area (Å²) < 4.78 is 0. The molecule has 1 atom stereocenters. The Bertz CT molecular complexity index is 478. The lowest BCUT2D eigenvalue weighted by Gasteiger charge is -2.23. The zero-order valence-electron chi connectivity index (χ0n) is 10.3. The van der Waals surface area contributed by atoms with Gasteiger partial charge in [0.2, 0.25) is 5.91 Å². The van der Waals surface area contributed by atoms with Gasteiger partial charge < -0.3 is 15.7 Å². The summed E-state index contributed by atoms with van der Waals surface area (Å²) in [5.41, 5.74) is 6.60. The predicted octanol–water partition coefficient (Wildman–Crippen LogP) is 1.53.